The zero-order chi connectivity index (χ0) is 19.8. The van der Waals surface area contributed by atoms with Crippen LogP contribution < -0.4 is 0 Å². The van der Waals surface area contributed by atoms with E-state index in [1.165, 1.54) is 0 Å². The van der Waals surface area contributed by atoms with Crippen LogP contribution in [0.3, 0.4) is 0 Å². The summed E-state index contributed by atoms with van der Waals surface area (Å²) in [6.07, 6.45) is -13.2. The number of halogens is 7. The third-order valence-electron chi connectivity index (χ3n) is 6.53. The highest BCUT2D eigenvalue weighted by Gasteiger charge is 2.55. The highest BCUT2D eigenvalue weighted by Crippen LogP contribution is 2.46. The zero-order valence-corrected chi connectivity index (χ0v) is 15.1. The molecule has 3 aliphatic carbocycles. The van der Waals surface area contributed by atoms with Gasteiger partial charge in [0.1, 0.15) is 36.8 Å². The van der Waals surface area contributed by atoms with E-state index >= 15 is 0 Å². The van der Waals surface area contributed by atoms with Gasteiger partial charge < -0.3 is 4.74 Å². The van der Waals surface area contributed by atoms with Gasteiger partial charge in [-0.1, -0.05) is 0 Å². The molecule has 1 nitrogen and oxygen atoms in total. The van der Waals surface area contributed by atoms with Crippen LogP contribution in [0.5, 0.6) is 0 Å². The van der Waals surface area contributed by atoms with Gasteiger partial charge in [-0.25, -0.2) is 22.0 Å². The molecule has 0 N–H and O–H groups in total. The van der Waals surface area contributed by atoms with E-state index in [0.717, 1.165) is 0 Å². The Morgan fingerprint density at radius 3 is 1.78 bits per heavy atom. The van der Waals surface area contributed by atoms with E-state index in [1.54, 1.807) is 0 Å². The predicted octanol–water partition coefficient (Wildman–Crippen LogP) is 6.06. The maximum absolute atomic E-state index is 14.6. The monoisotopic (exact) mass is 404 g/mol. The lowest BCUT2D eigenvalue weighted by Crippen LogP contribution is -2.50. The second-order valence-electron chi connectivity index (χ2n) is 8.43. The molecule has 0 bridgehead atoms. The fourth-order valence-electron chi connectivity index (χ4n) is 5.07. The molecule has 0 spiro atoms. The van der Waals surface area contributed by atoms with Crippen LogP contribution in [0, 0.1) is 17.8 Å². The fraction of sp³-hybridized carbons (Fsp3) is 1.00. The van der Waals surface area contributed by atoms with Crippen LogP contribution in [0.15, 0.2) is 0 Å². The second-order valence-corrected chi connectivity index (χ2v) is 8.43. The van der Waals surface area contributed by atoms with Crippen LogP contribution in [0.4, 0.5) is 30.7 Å². The molecule has 8 heteroatoms. The standard InChI is InChI=1S/C19H27F7O/c20-11-3-1-10(2-4-11)14-6-5-13(9-15(14)22)27-19(25,26)18-16(23)7-12(21)8-17(18)24/h10-18H,1-9H2. The van der Waals surface area contributed by atoms with Gasteiger partial charge in [-0.05, 0) is 50.4 Å². The first-order valence-corrected chi connectivity index (χ1v) is 9.93. The van der Waals surface area contributed by atoms with Crippen molar-refractivity contribution in [1.82, 2.24) is 0 Å². The first-order chi connectivity index (χ1) is 12.7. The van der Waals surface area contributed by atoms with Gasteiger partial charge in [-0.15, -0.1) is 0 Å². The van der Waals surface area contributed by atoms with Crippen molar-refractivity contribution in [3.05, 3.63) is 0 Å². The lowest BCUT2D eigenvalue weighted by molar-refractivity contribution is -0.321. The number of ether oxygens (including phenoxy) is 1. The Bertz CT molecular complexity index is 471. The zero-order valence-electron chi connectivity index (χ0n) is 15.1. The summed E-state index contributed by atoms with van der Waals surface area (Å²) in [7, 11) is 0. The third kappa shape index (κ3) is 4.91. The maximum Gasteiger partial charge on any atom is 0.364 e. The van der Waals surface area contributed by atoms with E-state index < -0.39 is 61.8 Å². The lowest BCUT2D eigenvalue weighted by atomic mass is 9.71. The van der Waals surface area contributed by atoms with Gasteiger partial charge in [-0.2, -0.15) is 8.78 Å². The quantitative estimate of drug-likeness (QED) is 0.518. The minimum atomic E-state index is -4.11. The first-order valence-electron chi connectivity index (χ1n) is 9.93. The molecule has 3 fully saturated rings. The van der Waals surface area contributed by atoms with Crippen LogP contribution in [0.25, 0.3) is 0 Å². The Morgan fingerprint density at radius 1 is 0.630 bits per heavy atom. The Kier molecular flexibility index (Phi) is 6.63. The highest BCUT2D eigenvalue weighted by atomic mass is 19.3. The molecule has 3 aliphatic rings. The lowest BCUT2D eigenvalue weighted by Gasteiger charge is -2.41. The van der Waals surface area contributed by atoms with Crippen molar-refractivity contribution in [2.24, 2.45) is 17.8 Å². The van der Waals surface area contributed by atoms with Crippen molar-refractivity contribution >= 4 is 0 Å². The number of hydrogen-bond acceptors (Lipinski definition) is 1. The van der Waals surface area contributed by atoms with Gasteiger partial charge in [0.05, 0.1) is 6.10 Å². The van der Waals surface area contributed by atoms with E-state index in [4.69, 9.17) is 0 Å². The average Bonchev–Trinajstić information content (AvgIpc) is 2.54. The summed E-state index contributed by atoms with van der Waals surface area (Å²) >= 11 is 0. The van der Waals surface area contributed by atoms with Crippen molar-refractivity contribution in [2.45, 2.75) is 101 Å². The molecule has 3 saturated carbocycles. The summed E-state index contributed by atoms with van der Waals surface area (Å²) in [5.74, 6) is -2.63. The Hall–Kier alpha value is -0.530. The van der Waals surface area contributed by atoms with Crippen LogP contribution in [0.2, 0.25) is 0 Å². The average molecular weight is 404 g/mol. The van der Waals surface area contributed by atoms with Crippen molar-refractivity contribution in [2.75, 3.05) is 0 Å². The summed E-state index contributed by atoms with van der Waals surface area (Å²) in [5, 5.41) is 0. The molecule has 0 amide bonds. The van der Waals surface area contributed by atoms with Gasteiger partial charge in [-0.3, -0.25) is 0 Å². The highest BCUT2D eigenvalue weighted by molar-refractivity contribution is 4.93. The van der Waals surface area contributed by atoms with Gasteiger partial charge in [0.25, 0.3) is 0 Å². The normalized spacial score (nSPS) is 47.0. The summed E-state index contributed by atoms with van der Waals surface area (Å²) < 4.78 is 102. The van der Waals surface area contributed by atoms with Crippen LogP contribution in [-0.2, 0) is 4.74 Å². The van der Waals surface area contributed by atoms with Crippen LogP contribution in [-0.4, -0.2) is 43.1 Å². The molecular weight excluding hydrogens is 377 g/mol. The summed E-state index contributed by atoms with van der Waals surface area (Å²) in [5.41, 5.74) is 0. The van der Waals surface area contributed by atoms with E-state index in [2.05, 4.69) is 4.74 Å². The van der Waals surface area contributed by atoms with E-state index in [-0.39, 0.29) is 24.7 Å². The summed E-state index contributed by atoms with van der Waals surface area (Å²) in [6, 6.07) is 0. The molecule has 158 valence electrons. The van der Waals surface area contributed by atoms with Crippen molar-refractivity contribution in [3.63, 3.8) is 0 Å². The number of rotatable bonds is 4. The largest absolute Gasteiger partial charge is 0.364 e. The maximum atomic E-state index is 14.6. The van der Waals surface area contributed by atoms with Crippen LogP contribution >= 0.6 is 0 Å². The molecule has 5 unspecified atom stereocenters. The van der Waals surface area contributed by atoms with E-state index in [9.17, 15) is 30.7 Å². The number of alkyl halides is 7. The summed E-state index contributed by atoms with van der Waals surface area (Å²) in [4.78, 5) is 0. The molecule has 0 saturated heterocycles. The molecule has 0 aliphatic heterocycles. The minimum Gasteiger partial charge on any atom is -0.317 e. The van der Waals surface area contributed by atoms with Crippen molar-refractivity contribution in [1.29, 1.82) is 0 Å². The van der Waals surface area contributed by atoms with Gasteiger partial charge in [0.15, 0.2) is 0 Å². The molecule has 0 aromatic carbocycles. The second kappa shape index (κ2) is 8.46. The molecule has 0 radical (unpaired) electrons. The molecular formula is C19H27F7O. The summed E-state index contributed by atoms with van der Waals surface area (Å²) in [6.45, 7) is 0. The Labute approximate surface area is 155 Å². The molecule has 27 heavy (non-hydrogen) atoms. The van der Waals surface area contributed by atoms with Crippen molar-refractivity contribution in [3.8, 4) is 0 Å². The van der Waals surface area contributed by atoms with Gasteiger partial charge in [0, 0.05) is 19.3 Å². The van der Waals surface area contributed by atoms with E-state index in [1.807, 2.05) is 0 Å². The van der Waals surface area contributed by atoms with Gasteiger partial charge >= 0.3 is 6.11 Å². The first kappa shape index (κ1) is 21.2. The molecule has 0 heterocycles. The molecule has 5 atom stereocenters. The Morgan fingerprint density at radius 2 is 1.22 bits per heavy atom. The smallest absolute Gasteiger partial charge is 0.317 e. The Balaban J connectivity index is 1.55. The van der Waals surface area contributed by atoms with Crippen LogP contribution in [0.1, 0.15) is 57.8 Å². The molecule has 0 aromatic rings. The fourth-order valence-corrected chi connectivity index (χ4v) is 5.07. The molecule has 3 rings (SSSR count). The predicted molar refractivity (Wildman–Crippen MR) is 86.3 cm³/mol. The van der Waals surface area contributed by atoms with Gasteiger partial charge in [0.2, 0.25) is 0 Å². The van der Waals surface area contributed by atoms with E-state index in [0.29, 0.717) is 32.1 Å². The minimum absolute atomic E-state index is 0.0405. The number of hydrogen-bond donors (Lipinski definition) is 0. The topological polar surface area (TPSA) is 9.23 Å². The SMILES string of the molecule is FC1CCC(C2CCC(OC(F)(F)C3C(F)CC(F)CC3F)CC2F)CC1. The molecule has 0 aromatic heterocycles. The third-order valence-corrected chi connectivity index (χ3v) is 6.53. The van der Waals surface area contributed by atoms with Crippen molar-refractivity contribution < 1.29 is 35.5 Å².